The number of hydrogen-bond acceptors (Lipinski definition) is 3. The summed E-state index contributed by atoms with van der Waals surface area (Å²) in [6.45, 7) is 4.70. The monoisotopic (exact) mass is 439 g/mol. The van der Waals surface area contributed by atoms with Crippen LogP contribution in [-0.4, -0.2) is 35.7 Å². The van der Waals surface area contributed by atoms with E-state index in [9.17, 15) is 14.4 Å². The van der Waals surface area contributed by atoms with Gasteiger partial charge in [-0.3, -0.25) is 14.4 Å². The zero-order valence-electron chi connectivity index (χ0n) is 18.2. The zero-order valence-corrected chi connectivity index (χ0v) is 18.2. The maximum Gasteiger partial charge on any atom is 0.258 e. The van der Waals surface area contributed by atoms with E-state index in [1.165, 1.54) is 4.90 Å². The Morgan fingerprint density at radius 1 is 0.848 bits per heavy atom. The van der Waals surface area contributed by atoms with Gasteiger partial charge in [0.15, 0.2) is 0 Å². The Balaban J connectivity index is 1.33. The van der Waals surface area contributed by atoms with Crippen molar-refractivity contribution >= 4 is 29.1 Å². The predicted molar refractivity (Wildman–Crippen MR) is 129 cm³/mol. The molecule has 0 radical (unpaired) electrons. The summed E-state index contributed by atoms with van der Waals surface area (Å²) in [4.78, 5) is 39.4. The van der Waals surface area contributed by atoms with Gasteiger partial charge in [0, 0.05) is 36.3 Å². The van der Waals surface area contributed by atoms with Crippen LogP contribution in [-0.2, 0) is 11.2 Å². The van der Waals surface area contributed by atoms with Crippen molar-refractivity contribution in [2.75, 3.05) is 18.4 Å². The maximum absolute atomic E-state index is 12.7. The lowest BCUT2D eigenvalue weighted by Gasteiger charge is -2.17. The molecule has 0 atom stereocenters. The summed E-state index contributed by atoms with van der Waals surface area (Å²) in [5.74, 6) is -0.682. The summed E-state index contributed by atoms with van der Waals surface area (Å²) in [5.41, 5.74) is 3.96. The number of carbonyl (C=O) groups excluding carboxylic acids is 3. The number of fused-ring (bicyclic) bond motifs is 1. The van der Waals surface area contributed by atoms with Crippen molar-refractivity contribution in [2.45, 2.75) is 12.8 Å². The molecule has 3 aromatic rings. The van der Waals surface area contributed by atoms with Crippen LogP contribution in [0.4, 0.5) is 5.69 Å². The van der Waals surface area contributed by atoms with Crippen molar-refractivity contribution in [1.82, 2.24) is 10.2 Å². The highest BCUT2D eigenvalue weighted by Gasteiger charge is 2.30. The average Bonchev–Trinajstić information content (AvgIpc) is 3.08. The lowest BCUT2D eigenvalue weighted by molar-refractivity contribution is -0.116. The minimum absolute atomic E-state index is 0.0860. The number of carbonyl (C=O) groups is 3. The van der Waals surface area contributed by atoms with Gasteiger partial charge < -0.3 is 15.5 Å². The van der Waals surface area contributed by atoms with E-state index in [0.29, 0.717) is 29.1 Å². The second-order valence-corrected chi connectivity index (χ2v) is 7.78. The molecule has 0 aliphatic carbocycles. The third-order valence-electron chi connectivity index (χ3n) is 5.59. The van der Waals surface area contributed by atoms with Gasteiger partial charge in [0.05, 0.1) is 11.3 Å². The van der Waals surface area contributed by atoms with Crippen LogP contribution in [0.15, 0.2) is 85.4 Å². The van der Waals surface area contributed by atoms with Crippen LogP contribution in [0.5, 0.6) is 0 Å². The number of amides is 3. The lowest BCUT2D eigenvalue weighted by Crippen LogP contribution is -2.29. The maximum atomic E-state index is 12.7. The molecule has 0 saturated heterocycles. The van der Waals surface area contributed by atoms with E-state index in [0.717, 1.165) is 17.5 Å². The molecule has 0 bridgehead atoms. The van der Waals surface area contributed by atoms with E-state index >= 15 is 0 Å². The molecule has 4 rings (SSSR count). The third-order valence-corrected chi connectivity index (χ3v) is 5.59. The topological polar surface area (TPSA) is 78.5 Å². The van der Waals surface area contributed by atoms with Crippen LogP contribution in [0.3, 0.4) is 0 Å². The molecule has 3 aromatic carbocycles. The van der Waals surface area contributed by atoms with Crippen molar-refractivity contribution in [3.63, 3.8) is 0 Å². The molecule has 0 spiro atoms. The molecule has 1 aliphatic heterocycles. The van der Waals surface area contributed by atoms with Crippen LogP contribution >= 0.6 is 0 Å². The van der Waals surface area contributed by atoms with Gasteiger partial charge in [0.25, 0.3) is 11.8 Å². The summed E-state index contributed by atoms with van der Waals surface area (Å²) in [6, 6.07) is 24.1. The molecule has 0 aromatic heterocycles. The molecular formula is C27H25N3O3. The standard InChI is InChI=1S/C27H25N3O3/c1-19-21-11-5-6-12-22(21)27(33)30(19)18-16-25(31)29-24-14-8-7-13-23(24)26(32)28-17-15-20-9-3-2-4-10-20/h2-14H,1,15-18H2,(H,28,32)(H,29,31). The SMILES string of the molecule is C=C1c2ccccc2C(=O)N1CCC(=O)Nc1ccccc1C(=O)NCCc1ccccc1. The van der Waals surface area contributed by atoms with Crippen molar-refractivity contribution in [3.05, 3.63) is 108 Å². The van der Waals surface area contributed by atoms with Gasteiger partial charge in [-0.2, -0.15) is 0 Å². The highest BCUT2D eigenvalue weighted by atomic mass is 16.2. The van der Waals surface area contributed by atoms with Crippen LogP contribution in [0.1, 0.15) is 38.3 Å². The fourth-order valence-electron chi connectivity index (χ4n) is 3.85. The minimum atomic E-state index is -0.281. The number of anilines is 1. The Kier molecular flexibility index (Phi) is 6.64. The fraction of sp³-hybridized carbons (Fsp3) is 0.148. The number of nitrogens with one attached hydrogen (secondary N) is 2. The van der Waals surface area contributed by atoms with Crippen molar-refractivity contribution < 1.29 is 14.4 Å². The first-order valence-corrected chi connectivity index (χ1v) is 10.9. The second kappa shape index (κ2) is 9.96. The van der Waals surface area contributed by atoms with Crippen molar-refractivity contribution in [1.29, 1.82) is 0 Å². The Morgan fingerprint density at radius 3 is 2.27 bits per heavy atom. The Bertz CT molecular complexity index is 1170. The van der Waals surface area contributed by atoms with E-state index in [1.807, 2.05) is 48.5 Å². The Labute approximate surface area is 192 Å². The van der Waals surface area contributed by atoms with Crippen LogP contribution in [0.25, 0.3) is 5.70 Å². The average molecular weight is 440 g/mol. The van der Waals surface area contributed by atoms with Crippen LogP contribution in [0, 0.1) is 0 Å². The van der Waals surface area contributed by atoms with E-state index in [4.69, 9.17) is 0 Å². The third kappa shape index (κ3) is 5.01. The fourth-order valence-corrected chi connectivity index (χ4v) is 3.85. The summed E-state index contributed by atoms with van der Waals surface area (Å²) >= 11 is 0. The number of hydrogen-bond donors (Lipinski definition) is 2. The quantitative estimate of drug-likeness (QED) is 0.554. The largest absolute Gasteiger partial charge is 0.352 e. The van der Waals surface area contributed by atoms with E-state index < -0.39 is 0 Å². The van der Waals surface area contributed by atoms with E-state index in [-0.39, 0.29) is 30.7 Å². The molecule has 0 fully saturated rings. The lowest BCUT2D eigenvalue weighted by atomic mass is 10.1. The van der Waals surface area contributed by atoms with Gasteiger partial charge in [0.2, 0.25) is 5.91 Å². The van der Waals surface area contributed by atoms with Crippen LogP contribution in [0.2, 0.25) is 0 Å². The summed E-state index contributed by atoms with van der Waals surface area (Å²) < 4.78 is 0. The molecular weight excluding hydrogens is 414 g/mol. The Hall–Kier alpha value is -4.19. The highest BCUT2D eigenvalue weighted by molar-refractivity contribution is 6.09. The molecule has 166 valence electrons. The van der Waals surface area contributed by atoms with Crippen molar-refractivity contribution in [3.8, 4) is 0 Å². The molecule has 3 amide bonds. The van der Waals surface area contributed by atoms with Gasteiger partial charge in [-0.15, -0.1) is 0 Å². The first kappa shape index (κ1) is 22.0. The minimum Gasteiger partial charge on any atom is -0.352 e. The number of rotatable bonds is 8. The van der Waals surface area contributed by atoms with Gasteiger partial charge in [-0.1, -0.05) is 67.2 Å². The van der Waals surface area contributed by atoms with Gasteiger partial charge in [-0.25, -0.2) is 0 Å². The van der Waals surface area contributed by atoms with Gasteiger partial charge in [0.1, 0.15) is 0 Å². The number of nitrogens with zero attached hydrogens (tertiary/aromatic N) is 1. The predicted octanol–water partition coefficient (Wildman–Crippen LogP) is 4.11. The second-order valence-electron chi connectivity index (χ2n) is 7.78. The highest BCUT2D eigenvalue weighted by Crippen LogP contribution is 2.31. The Morgan fingerprint density at radius 2 is 1.52 bits per heavy atom. The zero-order chi connectivity index (χ0) is 23.2. The van der Waals surface area contributed by atoms with Gasteiger partial charge >= 0.3 is 0 Å². The smallest absolute Gasteiger partial charge is 0.258 e. The molecule has 1 aliphatic rings. The summed E-state index contributed by atoms with van der Waals surface area (Å²) in [5, 5.41) is 5.71. The molecule has 33 heavy (non-hydrogen) atoms. The van der Waals surface area contributed by atoms with Gasteiger partial charge in [-0.05, 0) is 30.2 Å². The normalized spacial score (nSPS) is 12.4. The molecule has 0 unspecified atom stereocenters. The molecule has 6 heteroatoms. The molecule has 0 saturated carbocycles. The van der Waals surface area contributed by atoms with E-state index in [1.54, 1.807) is 30.3 Å². The van der Waals surface area contributed by atoms with Crippen molar-refractivity contribution in [2.24, 2.45) is 0 Å². The number of para-hydroxylation sites is 1. The van der Waals surface area contributed by atoms with E-state index in [2.05, 4.69) is 17.2 Å². The first-order valence-electron chi connectivity index (χ1n) is 10.9. The number of benzene rings is 3. The first-order chi connectivity index (χ1) is 16.0. The summed E-state index contributed by atoms with van der Waals surface area (Å²) in [6.07, 6.45) is 0.806. The molecule has 6 nitrogen and oxygen atoms in total. The molecule has 1 heterocycles. The van der Waals surface area contributed by atoms with Crippen LogP contribution < -0.4 is 10.6 Å². The molecule has 2 N–H and O–H groups in total. The summed E-state index contributed by atoms with van der Waals surface area (Å²) in [7, 11) is 0.